The zero-order valence-corrected chi connectivity index (χ0v) is 16.7. The summed E-state index contributed by atoms with van der Waals surface area (Å²) < 4.78 is 0. The van der Waals surface area contributed by atoms with Crippen molar-refractivity contribution in [3.8, 4) is 0 Å². The van der Waals surface area contributed by atoms with E-state index in [1.165, 1.54) is 0 Å². The Balaban J connectivity index is 1.49. The predicted octanol–water partition coefficient (Wildman–Crippen LogP) is -0.318. The van der Waals surface area contributed by atoms with Crippen LogP contribution in [0.4, 0.5) is 0 Å². The van der Waals surface area contributed by atoms with Crippen LogP contribution >= 0.6 is 0 Å². The lowest BCUT2D eigenvalue weighted by molar-refractivity contribution is -0.136. The molecule has 4 N–H and O–H groups in total. The van der Waals surface area contributed by atoms with E-state index in [1.54, 1.807) is 18.2 Å². The minimum Gasteiger partial charge on any atom is -0.389 e. The number of nitrogens with one attached hydrogen (secondary N) is 3. The Morgan fingerprint density at radius 3 is 2.77 bits per heavy atom. The van der Waals surface area contributed by atoms with Gasteiger partial charge < -0.3 is 15.7 Å². The SMILES string of the molecule is O=C1CCC(N2C(=O)c3cccc(CNCC4(O)CCCNCC4)c3C2=O)C(=O)N1. The van der Waals surface area contributed by atoms with Crippen molar-refractivity contribution in [2.75, 3.05) is 19.6 Å². The lowest BCUT2D eigenvalue weighted by Gasteiger charge is -2.28. The number of piperidine rings is 1. The largest absolute Gasteiger partial charge is 0.389 e. The Morgan fingerprint density at radius 1 is 1.13 bits per heavy atom. The summed E-state index contributed by atoms with van der Waals surface area (Å²) >= 11 is 0. The summed E-state index contributed by atoms with van der Waals surface area (Å²) in [5, 5.41) is 19.5. The topological polar surface area (TPSA) is 128 Å². The molecule has 160 valence electrons. The number of amides is 4. The number of hydrogen-bond donors (Lipinski definition) is 4. The lowest BCUT2D eigenvalue weighted by Crippen LogP contribution is -2.54. The van der Waals surface area contributed by atoms with E-state index in [-0.39, 0.29) is 24.0 Å². The number of imide groups is 2. The summed E-state index contributed by atoms with van der Waals surface area (Å²) in [6, 6.07) is 4.08. The Hall–Kier alpha value is -2.62. The molecule has 3 heterocycles. The highest BCUT2D eigenvalue weighted by Gasteiger charge is 2.45. The standard InChI is InChI=1S/C21H26N4O5/c26-16-6-5-15(18(27)24-16)25-19(28)14-4-1-3-13(17(14)20(25)29)11-23-12-21(30)7-2-9-22-10-8-21/h1,3-4,15,22-23,30H,2,5-12H2,(H,24,26,27). The average molecular weight is 414 g/mol. The van der Waals surface area contributed by atoms with E-state index in [2.05, 4.69) is 16.0 Å². The van der Waals surface area contributed by atoms with Gasteiger partial charge in [0.05, 0.1) is 16.7 Å². The highest BCUT2D eigenvalue weighted by atomic mass is 16.3. The van der Waals surface area contributed by atoms with Crippen LogP contribution in [0, 0.1) is 0 Å². The third-order valence-electron chi connectivity index (χ3n) is 6.09. The van der Waals surface area contributed by atoms with E-state index < -0.39 is 35.3 Å². The second kappa shape index (κ2) is 8.25. The highest BCUT2D eigenvalue weighted by Crippen LogP contribution is 2.30. The summed E-state index contributed by atoms with van der Waals surface area (Å²) in [5.41, 5.74) is 0.395. The van der Waals surface area contributed by atoms with Crippen molar-refractivity contribution in [3.05, 3.63) is 34.9 Å². The molecule has 3 aliphatic heterocycles. The van der Waals surface area contributed by atoms with Crippen molar-refractivity contribution in [2.45, 2.75) is 50.3 Å². The van der Waals surface area contributed by atoms with Crippen molar-refractivity contribution in [2.24, 2.45) is 0 Å². The molecule has 1 aromatic carbocycles. The van der Waals surface area contributed by atoms with Gasteiger partial charge in [-0.1, -0.05) is 12.1 Å². The van der Waals surface area contributed by atoms with Crippen LogP contribution in [0.1, 0.15) is 58.4 Å². The summed E-state index contributed by atoms with van der Waals surface area (Å²) in [7, 11) is 0. The first kappa shape index (κ1) is 20.6. The van der Waals surface area contributed by atoms with Crippen molar-refractivity contribution >= 4 is 23.6 Å². The molecule has 2 unspecified atom stereocenters. The first-order chi connectivity index (χ1) is 14.4. The van der Waals surface area contributed by atoms with Crippen molar-refractivity contribution in [1.29, 1.82) is 0 Å². The lowest BCUT2D eigenvalue weighted by atomic mass is 9.94. The van der Waals surface area contributed by atoms with Gasteiger partial charge in [-0.3, -0.25) is 29.4 Å². The summed E-state index contributed by atoms with van der Waals surface area (Å²) in [5.74, 6) is -2.05. The molecule has 4 rings (SSSR count). The van der Waals surface area contributed by atoms with Crippen LogP contribution in [0.25, 0.3) is 0 Å². The zero-order chi connectivity index (χ0) is 21.3. The van der Waals surface area contributed by atoms with Crippen LogP contribution in [0.5, 0.6) is 0 Å². The van der Waals surface area contributed by atoms with Crippen molar-refractivity contribution < 1.29 is 24.3 Å². The number of hydrogen-bond acceptors (Lipinski definition) is 7. The van der Waals surface area contributed by atoms with Crippen LogP contribution in [0.15, 0.2) is 18.2 Å². The number of nitrogens with zero attached hydrogens (tertiary/aromatic N) is 1. The van der Waals surface area contributed by atoms with Gasteiger partial charge in [-0.25, -0.2) is 0 Å². The van der Waals surface area contributed by atoms with Gasteiger partial charge in [0.15, 0.2) is 0 Å². The molecule has 1 aromatic rings. The fourth-order valence-electron chi connectivity index (χ4n) is 4.45. The quantitative estimate of drug-likeness (QED) is 0.486. The first-order valence-corrected chi connectivity index (χ1v) is 10.4. The molecule has 9 heteroatoms. The van der Waals surface area contributed by atoms with E-state index in [0.717, 1.165) is 24.4 Å². The summed E-state index contributed by atoms with van der Waals surface area (Å²) in [6.07, 6.45) is 2.46. The second-order valence-corrected chi connectivity index (χ2v) is 8.22. The molecule has 0 saturated carbocycles. The van der Waals surface area contributed by atoms with Crippen LogP contribution in [-0.4, -0.2) is 64.9 Å². The third-order valence-corrected chi connectivity index (χ3v) is 6.09. The fourth-order valence-corrected chi connectivity index (χ4v) is 4.45. The number of rotatable bonds is 5. The second-order valence-electron chi connectivity index (χ2n) is 8.22. The van der Waals surface area contributed by atoms with Crippen LogP contribution in [-0.2, 0) is 16.1 Å². The summed E-state index contributed by atoms with van der Waals surface area (Å²) in [4.78, 5) is 50.5. The molecule has 0 aromatic heterocycles. The monoisotopic (exact) mass is 414 g/mol. The van der Waals surface area contributed by atoms with Crippen LogP contribution in [0.2, 0.25) is 0 Å². The van der Waals surface area contributed by atoms with E-state index in [9.17, 15) is 24.3 Å². The molecule has 30 heavy (non-hydrogen) atoms. The van der Waals surface area contributed by atoms with E-state index >= 15 is 0 Å². The van der Waals surface area contributed by atoms with E-state index in [0.29, 0.717) is 31.5 Å². The zero-order valence-electron chi connectivity index (χ0n) is 16.7. The maximum atomic E-state index is 13.1. The molecule has 0 radical (unpaired) electrons. The van der Waals surface area contributed by atoms with E-state index in [4.69, 9.17) is 0 Å². The molecule has 2 saturated heterocycles. The van der Waals surface area contributed by atoms with Crippen molar-refractivity contribution in [3.63, 3.8) is 0 Å². The molecule has 9 nitrogen and oxygen atoms in total. The van der Waals surface area contributed by atoms with E-state index in [1.807, 2.05) is 0 Å². The van der Waals surface area contributed by atoms with Crippen LogP contribution < -0.4 is 16.0 Å². The van der Waals surface area contributed by atoms with Gasteiger partial charge in [0.1, 0.15) is 6.04 Å². The third kappa shape index (κ3) is 3.88. The van der Waals surface area contributed by atoms with Gasteiger partial charge >= 0.3 is 0 Å². The molecule has 2 atom stereocenters. The maximum Gasteiger partial charge on any atom is 0.262 e. The highest BCUT2D eigenvalue weighted by molar-refractivity contribution is 6.24. The Bertz CT molecular complexity index is 891. The Morgan fingerprint density at radius 2 is 1.97 bits per heavy atom. The summed E-state index contributed by atoms with van der Waals surface area (Å²) in [6.45, 7) is 2.35. The van der Waals surface area contributed by atoms with Gasteiger partial charge in [0.25, 0.3) is 11.8 Å². The molecule has 0 bridgehead atoms. The normalized spacial score (nSPS) is 27.1. The number of fused-ring (bicyclic) bond motifs is 1. The number of benzene rings is 1. The Labute approximate surface area is 174 Å². The molecule has 0 spiro atoms. The van der Waals surface area contributed by atoms with Gasteiger partial charge in [-0.2, -0.15) is 0 Å². The number of aliphatic hydroxyl groups is 1. The maximum absolute atomic E-state index is 13.1. The molecular weight excluding hydrogens is 388 g/mol. The first-order valence-electron chi connectivity index (χ1n) is 10.4. The van der Waals surface area contributed by atoms with Crippen LogP contribution in [0.3, 0.4) is 0 Å². The molecule has 0 aliphatic carbocycles. The van der Waals surface area contributed by atoms with Gasteiger partial charge in [-0.15, -0.1) is 0 Å². The molecule has 2 fully saturated rings. The molecule has 3 aliphatic rings. The Kier molecular flexibility index (Phi) is 5.68. The minimum atomic E-state index is -0.977. The predicted molar refractivity (Wildman–Crippen MR) is 106 cm³/mol. The van der Waals surface area contributed by atoms with Gasteiger partial charge in [0, 0.05) is 19.5 Å². The average Bonchev–Trinajstić information content (AvgIpc) is 2.84. The van der Waals surface area contributed by atoms with Gasteiger partial charge in [0.2, 0.25) is 11.8 Å². The fraction of sp³-hybridized carbons (Fsp3) is 0.524. The van der Waals surface area contributed by atoms with Crippen molar-refractivity contribution in [1.82, 2.24) is 20.9 Å². The molecule has 4 amide bonds. The number of carbonyl (C=O) groups is 4. The number of carbonyl (C=O) groups excluding carboxylic acids is 4. The van der Waals surface area contributed by atoms with Gasteiger partial charge in [-0.05, 0) is 50.4 Å². The molecular formula is C21H26N4O5. The minimum absolute atomic E-state index is 0.0890. The smallest absolute Gasteiger partial charge is 0.262 e.